The van der Waals surface area contributed by atoms with Crippen LogP contribution in [0.15, 0.2) is 33.3 Å². The van der Waals surface area contributed by atoms with Gasteiger partial charge >= 0.3 is 24.4 Å². The summed E-state index contributed by atoms with van der Waals surface area (Å²) in [5.41, 5.74) is -0.802. The molecule has 15 nitrogen and oxygen atoms in total. The van der Waals surface area contributed by atoms with E-state index in [1.165, 1.54) is 9.80 Å². The third-order valence-electron chi connectivity index (χ3n) is 8.38. The quantitative estimate of drug-likeness (QED) is 0.0314. The van der Waals surface area contributed by atoms with Gasteiger partial charge in [-0.25, -0.2) is 29.0 Å². The fourth-order valence-electron chi connectivity index (χ4n) is 5.48. The predicted octanol–water partition coefficient (Wildman–Crippen LogP) is 11.4. The van der Waals surface area contributed by atoms with Crippen molar-refractivity contribution in [1.29, 1.82) is 0 Å². The van der Waals surface area contributed by atoms with Gasteiger partial charge in [-0.1, -0.05) is 74.7 Å². The molecule has 0 radical (unpaired) electrons. The lowest BCUT2D eigenvalue weighted by Crippen LogP contribution is -2.50. The van der Waals surface area contributed by atoms with Gasteiger partial charge in [0.1, 0.15) is 22.4 Å². The van der Waals surface area contributed by atoms with Crippen molar-refractivity contribution in [2.24, 2.45) is 9.98 Å². The van der Waals surface area contributed by atoms with Gasteiger partial charge in [0.05, 0.1) is 13.1 Å². The van der Waals surface area contributed by atoms with E-state index in [1.807, 2.05) is 39.8 Å². The van der Waals surface area contributed by atoms with E-state index >= 15 is 0 Å². The van der Waals surface area contributed by atoms with Crippen molar-refractivity contribution in [2.45, 2.75) is 210 Å². The average Bonchev–Trinajstić information content (AvgIpc) is 3.09. The molecule has 0 unspecified atom stereocenters. The minimum atomic E-state index is -0.715. The summed E-state index contributed by atoms with van der Waals surface area (Å²) in [6.07, 6.45) is 13.9. The van der Waals surface area contributed by atoms with Crippen molar-refractivity contribution in [3.8, 4) is 0 Å². The van der Waals surface area contributed by atoms with Gasteiger partial charge in [-0.3, -0.25) is 20.6 Å². The Morgan fingerprint density at radius 3 is 1.02 bits per heavy atom. The van der Waals surface area contributed by atoms with Gasteiger partial charge in [0.25, 0.3) is 0 Å². The van der Waals surface area contributed by atoms with Crippen molar-refractivity contribution in [1.82, 2.24) is 25.8 Å². The Hall–Kier alpha value is -4.14. The largest absolute Gasteiger partial charge is 0.444 e. The molecule has 0 aromatic rings. The molecule has 63 heavy (non-hydrogen) atoms. The van der Waals surface area contributed by atoms with Crippen molar-refractivity contribution in [3.05, 3.63) is 23.3 Å². The Kier molecular flexibility index (Phi) is 28.1. The summed E-state index contributed by atoms with van der Waals surface area (Å²) in [5.74, 6) is 0.237. The standard InChI is InChI=1S/C48H89N7O8/c1-37(2)29-35-54(43(58)62-47(11,12)13)39(52-41(56)60-45(5,6)7)50-33-27-23-19-17-21-25-31-49-32-26-22-18-20-24-28-34-51-40(53-42(57)61-46(8,9)10)55(36-30-38(3)4)44(59)63-48(14,15)16/h29-30,49H,17-28,31-36H2,1-16H3,(H,50,52,56)(H,51,53,57). The van der Waals surface area contributed by atoms with Gasteiger partial charge in [0.2, 0.25) is 11.9 Å². The van der Waals surface area contributed by atoms with E-state index in [2.05, 4.69) is 25.9 Å². The summed E-state index contributed by atoms with van der Waals surface area (Å²) >= 11 is 0. The smallest absolute Gasteiger partial charge is 0.417 e. The van der Waals surface area contributed by atoms with Gasteiger partial charge in [-0.05, 0) is 150 Å². The van der Waals surface area contributed by atoms with Crippen LogP contribution in [0.3, 0.4) is 0 Å². The molecule has 3 N–H and O–H groups in total. The first-order valence-corrected chi connectivity index (χ1v) is 23.2. The molecule has 0 aromatic carbocycles. The number of nitrogens with zero attached hydrogens (tertiary/aromatic N) is 4. The number of allylic oxidation sites excluding steroid dienone is 2. The molecule has 0 fully saturated rings. The molecule has 0 heterocycles. The summed E-state index contributed by atoms with van der Waals surface area (Å²) in [6.45, 7) is 32.6. The summed E-state index contributed by atoms with van der Waals surface area (Å²) in [6, 6.07) is 0. The first-order valence-electron chi connectivity index (χ1n) is 23.2. The van der Waals surface area contributed by atoms with Gasteiger partial charge in [-0.15, -0.1) is 0 Å². The average molecular weight is 892 g/mol. The molecule has 0 rings (SSSR count). The number of unbranched alkanes of at least 4 members (excludes halogenated alkanes) is 10. The second-order valence-corrected chi connectivity index (χ2v) is 20.4. The third kappa shape index (κ3) is 35.0. The minimum absolute atomic E-state index is 0.118. The second kappa shape index (κ2) is 30.1. The summed E-state index contributed by atoms with van der Waals surface area (Å²) in [7, 11) is 0. The summed E-state index contributed by atoms with van der Waals surface area (Å²) < 4.78 is 22.2. The van der Waals surface area contributed by atoms with Crippen LogP contribution >= 0.6 is 0 Å². The lowest BCUT2D eigenvalue weighted by Gasteiger charge is -2.28. The Morgan fingerprint density at radius 2 is 0.730 bits per heavy atom. The van der Waals surface area contributed by atoms with E-state index < -0.39 is 46.8 Å². The Morgan fingerprint density at radius 1 is 0.444 bits per heavy atom. The van der Waals surface area contributed by atoms with E-state index in [0.717, 1.165) is 101 Å². The van der Waals surface area contributed by atoms with Crippen LogP contribution in [0, 0.1) is 0 Å². The maximum Gasteiger partial charge on any atom is 0.417 e. The number of nitrogens with one attached hydrogen (secondary N) is 3. The Balaban J connectivity index is 4.75. The molecule has 0 aromatic heterocycles. The first kappa shape index (κ1) is 58.9. The Bertz CT molecular complexity index is 1380. The van der Waals surface area contributed by atoms with E-state index in [0.29, 0.717) is 13.1 Å². The number of hydrogen-bond acceptors (Lipinski definition) is 11. The number of ether oxygens (including phenoxy) is 4. The van der Waals surface area contributed by atoms with Gasteiger partial charge in [-0.2, -0.15) is 0 Å². The van der Waals surface area contributed by atoms with Crippen LogP contribution in [0.25, 0.3) is 0 Å². The van der Waals surface area contributed by atoms with E-state index in [9.17, 15) is 19.2 Å². The highest BCUT2D eigenvalue weighted by Crippen LogP contribution is 2.15. The number of amides is 4. The molecule has 0 saturated carbocycles. The monoisotopic (exact) mass is 892 g/mol. The highest BCUT2D eigenvalue weighted by molar-refractivity contribution is 6.02. The summed E-state index contributed by atoms with van der Waals surface area (Å²) in [5, 5.41) is 8.97. The molecule has 0 saturated heterocycles. The number of carbonyl (C=O) groups excluding carboxylic acids is 4. The molecule has 0 aliphatic rings. The van der Waals surface area contributed by atoms with E-state index in [1.54, 1.807) is 83.1 Å². The zero-order valence-electron chi connectivity index (χ0n) is 42.4. The molecule has 0 aliphatic carbocycles. The molecule has 0 atom stereocenters. The van der Waals surface area contributed by atoms with Gasteiger partial charge < -0.3 is 24.3 Å². The molecule has 0 aliphatic heterocycles. The number of aliphatic imine (C=N–C) groups is 2. The highest BCUT2D eigenvalue weighted by Gasteiger charge is 2.29. The number of rotatable bonds is 22. The molecular weight excluding hydrogens is 803 g/mol. The molecule has 4 amide bonds. The second-order valence-electron chi connectivity index (χ2n) is 20.4. The lowest BCUT2D eigenvalue weighted by molar-refractivity contribution is 0.0356. The molecule has 15 heteroatoms. The highest BCUT2D eigenvalue weighted by atomic mass is 16.6. The van der Waals surface area contributed by atoms with E-state index in [-0.39, 0.29) is 25.0 Å². The molecule has 0 bridgehead atoms. The van der Waals surface area contributed by atoms with Crippen LogP contribution in [0.2, 0.25) is 0 Å². The first-order chi connectivity index (χ1) is 29.1. The van der Waals surface area contributed by atoms with E-state index in [4.69, 9.17) is 18.9 Å². The van der Waals surface area contributed by atoms with Crippen LogP contribution in [0.5, 0.6) is 0 Å². The van der Waals surface area contributed by atoms with Gasteiger partial charge in [0, 0.05) is 13.1 Å². The number of carbonyl (C=O) groups is 4. The zero-order chi connectivity index (χ0) is 48.3. The number of hydrogen-bond donors (Lipinski definition) is 3. The van der Waals surface area contributed by atoms with Crippen molar-refractivity contribution in [3.63, 3.8) is 0 Å². The Labute approximate surface area is 382 Å². The SMILES string of the molecule is CC(C)=CCN(C(=O)OC(C)(C)C)C(=NCCCCCCCCNCCCCCCCCN=C(NC(=O)OC(C)(C)C)N(CC=C(C)C)C(=O)OC(C)(C)C)NC(=O)OC(C)(C)C. The maximum absolute atomic E-state index is 13.2. The van der Waals surface area contributed by atoms with Crippen LogP contribution in [-0.4, -0.2) is 108 Å². The minimum Gasteiger partial charge on any atom is -0.444 e. The molecule has 364 valence electrons. The van der Waals surface area contributed by atoms with Crippen LogP contribution in [-0.2, 0) is 18.9 Å². The zero-order valence-corrected chi connectivity index (χ0v) is 42.4. The third-order valence-corrected chi connectivity index (χ3v) is 8.38. The van der Waals surface area contributed by atoms with Crippen LogP contribution in [0.1, 0.15) is 188 Å². The number of alkyl carbamates (subject to hydrolysis) is 2. The fourth-order valence-corrected chi connectivity index (χ4v) is 5.48. The topological polar surface area (TPSA) is 172 Å². The molecule has 0 spiro atoms. The maximum atomic E-state index is 13.2. The normalized spacial score (nSPS) is 12.5. The molecular formula is C48H89N7O8. The van der Waals surface area contributed by atoms with Gasteiger partial charge in [0.15, 0.2) is 0 Å². The lowest BCUT2D eigenvalue weighted by atomic mass is 10.1. The van der Waals surface area contributed by atoms with Crippen LogP contribution < -0.4 is 16.0 Å². The van der Waals surface area contributed by atoms with Crippen molar-refractivity contribution >= 4 is 36.3 Å². The summed E-state index contributed by atoms with van der Waals surface area (Å²) in [4.78, 5) is 63.8. The van der Waals surface area contributed by atoms with Crippen molar-refractivity contribution in [2.75, 3.05) is 39.3 Å². The van der Waals surface area contributed by atoms with Crippen molar-refractivity contribution < 1.29 is 38.1 Å². The fraction of sp³-hybridized carbons (Fsp3) is 0.792. The van der Waals surface area contributed by atoms with Crippen LogP contribution in [0.4, 0.5) is 19.2 Å². The number of guanidine groups is 2. The predicted molar refractivity (Wildman–Crippen MR) is 256 cm³/mol.